The highest BCUT2D eigenvalue weighted by Crippen LogP contribution is 2.30. The van der Waals surface area contributed by atoms with Crippen molar-refractivity contribution in [3.05, 3.63) is 29.3 Å². The van der Waals surface area contributed by atoms with Crippen LogP contribution in [0.15, 0.2) is 18.2 Å². The van der Waals surface area contributed by atoms with Gasteiger partial charge in [0.25, 0.3) is 0 Å². The minimum Gasteiger partial charge on any atom is -0.496 e. The molecule has 4 nitrogen and oxygen atoms in total. The Morgan fingerprint density at radius 3 is 2.47 bits per heavy atom. The maximum atomic E-state index is 11.6. The van der Waals surface area contributed by atoms with Crippen LogP contribution in [-0.4, -0.2) is 13.0 Å². The molecule has 4 heteroatoms. The van der Waals surface area contributed by atoms with Crippen LogP contribution in [0.3, 0.4) is 0 Å². The quantitative estimate of drug-likeness (QED) is 0.477. The Morgan fingerprint density at radius 2 is 2.00 bits per heavy atom. The van der Waals surface area contributed by atoms with E-state index in [9.17, 15) is 4.79 Å². The number of amides is 1. The zero-order chi connectivity index (χ0) is 13.0. The molecule has 0 heterocycles. The second kappa shape index (κ2) is 5.68. The van der Waals surface area contributed by atoms with E-state index in [-0.39, 0.29) is 11.8 Å². The Labute approximate surface area is 102 Å². The van der Waals surface area contributed by atoms with Crippen LogP contribution < -0.4 is 16.0 Å². The molecule has 0 radical (unpaired) electrons. The fourth-order valence-electron chi connectivity index (χ4n) is 1.72. The van der Waals surface area contributed by atoms with Crippen molar-refractivity contribution in [2.75, 3.05) is 7.11 Å². The van der Waals surface area contributed by atoms with Gasteiger partial charge in [-0.15, -0.1) is 0 Å². The van der Waals surface area contributed by atoms with Crippen LogP contribution >= 0.6 is 0 Å². The highest BCUT2D eigenvalue weighted by Gasteiger charge is 2.19. The molecule has 17 heavy (non-hydrogen) atoms. The van der Waals surface area contributed by atoms with E-state index < -0.39 is 0 Å². The Balaban J connectivity index is 3.18. The molecule has 0 spiro atoms. The molecule has 1 rings (SSSR count). The van der Waals surface area contributed by atoms with Crippen LogP contribution in [0.25, 0.3) is 0 Å². The minimum absolute atomic E-state index is 0.218. The van der Waals surface area contributed by atoms with Crippen LogP contribution in [-0.2, 0) is 4.79 Å². The van der Waals surface area contributed by atoms with Crippen molar-refractivity contribution in [2.24, 2.45) is 5.84 Å². The van der Waals surface area contributed by atoms with Crippen molar-refractivity contribution in [1.29, 1.82) is 0 Å². The minimum atomic E-state index is -0.325. The third-order valence-electron chi connectivity index (χ3n) is 2.92. The molecule has 0 fully saturated rings. The number of rotatable bonds is 4. The van der Waals surface area contributed by atoms with Crippen molar-refractivity contribution in [1.82, 2.24) is 5.43 Å². The highest BCUT2D eigenvalue weighted by atomic mass is 16.5. The van der Waals surface area contributed by atoms with Crippen LogP contribution in [0.4, 0.5) is 0 Å². The van der Waals surface area contributed by atoms with Crippen molar-refractivity contribution in [3.63, 3.8) is 0 Å². The lowest BCUT2D eigenvalue weighted by Gasteiger charge is -2.17. The average molecular weight is 236 g/mol. The molecule has 1 atom stereocenters. The maximum Gasteiger partial charge on any atom is 0.241 e. The molecule has 1 amide bonds. The molecule has 1 aromatic carbocycles. The molecular formula is C13H20N2O2. The summed E-state index contributed by atoms with van der Waals surface area (Å²) >= 11 is 0. The molecule has 0 saturated heterocycles. The van der Waals surface area contributed by atoms with Gasteiger partial charge in [-0.3, -0.25) is 10.2 Å². The lowest BCUT2D eigenvalue weighted by Crippen LogP contribution is -2.33. The van der Waals surface area contributed by atoms with Gasteiger partial charge in [0, 0.05) is 5.56 Å². The first kappa shape index (κ1) is 13.5. The van der Waals surface area contributed by atoms with Crippen molar-refractivity contribution < 1.29 is 9.53 Å². The summed E-state index contributed by atoms with van der Waals surface area (Å²) in [5.41, 5.74) is 4.21. The molecule has 1 aromatic rings. The predicted molar refractivity (Wildman–Crippen MR) is 67.8 cm³/mol. The van der Waals surface area contributed by atoms with E-state index >= 15 is 0 Å². The summed E-state index contributed by atoms with van der Waals surface area (Å²) in [5.74, 6) is 5.74. The summed E-state index contributed by atoms with van der Waals surface area (Å²) in [6.07, 6.45) is 0. The molecule has 3 N–H and O–H groups in total. The van der Waals surface area contributed by atoms with E-state index in [0.717, 1.165) is 5.56 Å². The smallest absolute Gasteiger partial charge is 0.241 e. The number of ether oxygens (including phenoxy) is 1. The molecule has 0 aliphatic heterocycles. The Bertz CT molecular complexity index is 402. The number of nitrogens with one attached hydrogen (secondary N) is 1. The molecule has 94 valence electrons. The first-order valence-corrected chi connectivity index (χ1v) is 5.69. The van der Waals surface area contributed by atoms with Gasteiger partial charge >= 0.3 is 0 Å². The highest BCUT2D eigenvalue weighted by molar-refractivity contribution is 5.83. The van der Waals surface area contributed by atoms with Crippen molar-refractivity contribution >= 4 is 5.91 Å². The number of methoxy groups -OCH3 is 1. The first-order valence-electron chi connectivity index (χ1n) is 5.69. The number of benzene rings is 1. The monoisotopic (exact) mass is 236 g/mol. The van der Waals surface area contributed by atoms with E-state index in [1.165, 1.54) is 5.56 Å². The molecule has 0 aliphatic rings. The largest absolute Gasteiger partial charge is 0.496 e. The van der Waals surface area contributed by atoms with Crippen LogP contribution in [0.1, 0.15) is 43.7 Å². The number of hydrazine groups is 1. The van der Waals surface area contributed by atoms with Gasteiger partial charge in [-0.05, 0) is 24.5 Å². The van der Waals surface area contributed by atoms with Gasteiger partial charge in [0.15, 0.2) is 0 Å². The molecular weight excluding hydrogens is 216 g/mol. The Hall–Kier alpha value is -1.55. The molecule has 0 aromatic heterocycles. The first-order chi connectivity index (χ1) is 8.01. The van der Waals surface area contributed by atoms with E-state index in [4.69, 9.17) is 10.6 Å². The molecule has 0 bridgehead atoms. The lowest BCUT2D eigenvalue weighted by atomic mass is 9.93. The van der Waals surface area contributed by atoms with Gasteiger partial charge in [-0.25, -0.2) is 5.84 Å². The standard InChI is InChI=1S/C13H20N2O2/c1-8(2)10-5-6-12(17-4)11(7-10)9(3)13(16)15-14/h5-9H,14H2,1-4H3,(H,15,16). The van der Waals surface area contributed by atoms with E-state index in [0.29, 0.717) is 11.7 Å². The van der Waals surface area contributed by atoms with Crippen molar-refractivity contribution in [3.8, 4) is 5.75 Å². The number of carbonyl (C=O) groups is 1. The molecule has 0 saturated carbocycles. The Kier molecular flexibility index (Phi) is 4.52. The number of carbonyl (C=O) groups excluding carboxylic acids is 1. The third-order valence-corrected chi connectivity index (χ3v) is 2.92. The summed E-state index contributed by atoms with van der Waals surface area (Å²) in [6, 6.07) is 5.91. The van der Waals surface area contributed by atoms with Crippen LogP contribution in [0.5, 0.6) is 5.75 Å². The molecule has 1 unspecified atom stereocenters. The third kappa shape index (κ3) is 2.97. The second-order valence-electron chi connectivity index (χ2n) is 4.39. The zero-order valence-electron chi connectivity index (χ0n) is 10.8. The second-order valence-corrected chi connectivity index (χ2v) is 4.39. The normalized spacial score (nSPS) is 12.4. The van der Waals surface area contributed by atoms with Crippen LogP contribution in [0.2, 0.25) is 0 Å². The SMILES string of the molecule is COc1ccc(C(C)C)cc1C(C)C(=O)NN. The van der Waals surface area contributed by atoms with Gasteiger partial charge in [0.05, 0.1) is 13.0 Å². The number of nitrogens with two attached hydrogens (primary N) is 1. The summed E-state index contributed by atoms with van der Waals surface area (Å²) in [4.78, 5) is 11.6. The van der Waals surface area contributed by atoms with E-state index in [2.05, 4.69) is 19.3 Å². The zero-order valence-corrected chi connectivity index (χ0v) is 10.8. The predicted octanol–water partition coefficient (Wildman–Crippen LogP) is 1.91. The number of hydrogen-bond donors (Lipinski definition) is 2. The van der Waals surface area contributed by atoms with E-state index in [1.807, 2.05) is 25.1 Å². The van der Waals surface area contributed by atoms with Gasteiger partial charge in [-0.1, -0.05) is 26.0 Å². The fourth-order valence-corrected chi connectivity index (χ4v) is 1.72. The summed E-state index contributed by atoms with van der Waals surface area (Å²) in [5, 5.41) is 0. The maximum absolute atomic E-state index is 11.6. The lowest BCUT2D eigenvalue weighted by molar-refractivity contribution is -0.122. The average Bonchev–Trinajstić information content (AvgIpc) is 2.35. The fraction of sp³-hybridized carbons (Fsp3) is 0.462. The van der Waals surface area contributed by atoms with Crippen LogP contribution in [0, 0.1) is 0 Å². The summed E-state index contributed by atoms with van der Waals surface area (Å²) in [7, 11) is 1.60. The number of hydrogen-bond acceptors (Lipinski definition) is 3. The topological polar surface area (TPSA) is 64.3 Å². The van der Waals surface area contributed by atoms with Crippen molar-refractivity contribution in [2.45, 2.75) is 32.6 Å². The summed E-state index contributed by atoms with van der Waals surface area (Å²) in [6.45, 7) is 6.03. The van der Waals surface area contributed by atoms with Gasteiger partial charge in [-0.2, -0.15) is 0 Å². The Morgan fingerprint density at radius 1 is 1.35 bits per heavy atom. The van der Waals surface area contributed by atoms with Gasteiger partial charge < -0.3 is 4.74 Å². The van der Waals surface area contributed by atoms with Gasteiger partial charge in [0.1, 0.15) is 5.75 Å². The summed E-state index contributed by atoms with van der Waals surface area (Å²) < 4.78 is 5.28. The van der Waals surface area contributed by atoms with E-state index in [1.54, 1.807) is 7.11 Å². The van der Waals surface area contributed by atoms with Gasteiger partial charge in [0.2, 0.25) is 5.91 Å². The molecule has 0 aliphatic carbocycles.